The van der Waals surface area contributed by atoms with Crippen molar-refractivity contribution in [2.45, 2.75) is 13.8 Å². The normalized spacial score (nSPS) is 10.4. The molecule has 1 heterocycles. The number of halogens is 1. The SMILES string of the molecule is Cc1cc2occ(C#N)c(=O)c2c(C)c1Cl. The number of hydrogen-bond acceptors (Lipinski definition) is 3. The number of hydrogen-bond donors (Lipinski definition) is 0. The molecule has 0 saturated heterocycles. The van der Waals surface area contributed by atoms with Crippen LogP contribution < -0.4 is 5.43 Å². The lowest BCUT2D eigenvalue weighted by molar-refractivity contribution is 0.600. The van der Waals surface area contributed by atoms with Crippen LogP contribution in [-0.2, 0) is 0 Å². The van der Waals surface area contributed by atoms with Crippen molar-refractivity contribution in [3.05, 3.63) is 44.3 Å². The zero-order valence-corrected chi connectivity index (χ0v) is 9.55. The highest BCUT2D eigenvalue weighted by Crippen LogP contribution is 2.27. The van der Waals surface area contributed by atoms with Gasteiger partial charge in [-0.05, 0) is 31.0 Å². The van der Waals surface area contributed by atoms with Gasteiger partial charge in [-0.25, -0.2) is 0 Å². The van der Waals surface area contributed by atoms with Crippen molar-refractivity contribution in [1.29, 1.82) is 5.26 Å². The summed E-state index contributed by atoms with van der Waals surface area (Å²) in [6.07, 6.45) is 1.18. The Hall–Kier alpha value is -1.79. The van der Waals surface area contributed by atoms with Crippen LogP contribution in [0, 0.1) is 25.2 Å². The minimum atomic E-state index is -0.330. The molecule has 0 atom stereocenters. The molecule has 2 rings (SSSR count). The van der Waals surface area contributed by atoms with Crippen molar-refractivity contribution in [2.24, 2.45) is 0 Å². The highest BCUT2D eigenvalue weighted by molar-refractivity contribution is 6.33. The molecule has 0 aliphatic heterocycles. The molecule has 0 aliphatic carbocycles. The molecule has 0 amide bonds. The minimum absolute atomic E-state index is 0.00415. The van der Waals surface area contributed by atoms with Crippen LogP contribution in [0.4, 0.5) is 0 Å². The Bertz CT molecular complexity index is 680. The van der Waals surface area contributed by atoms with E-state index in [1.165, 1.54) is 6.26 Å². The average molecular weight is 234 g/mol. The summed E-state index contributed by atoms with van der Waals surface area (Å²) in [5.74, 6) is 0. The van der Waals surface area contributed by atoms with E-state index in [2.05, 4.69) is 0 Å². The van der Waals surface area contributed by atoms with Crippen LogP contribution in [-0.4, -0.2) is 0 Å². The van der Waals surface area contributed by atoms with Crippen molar-refractivity contribution in [3.8, 4) is 6.07 Å². The van der Waals surface area contributed by atoms with Gasteiger partial charge in [0.05, 0.1) is 5.39 Å². The van der Waals surface area contributed by atoms with Crippen LogP contribution in [0.1, 0.15) is 16.7 Å². The topological polar surface area (TPSA) is 54.0 Å². The zero-order chi connectivity index (χ0) is 11.9. The van der Waals surface area contributed by atoms with Gasteiger partial charge in [-0.15, -0.1) is 0 Å². The predicted octanol–water partition coefficient (Wildman–Crippen LogP) is 2.93. The molecule has 0 bridgehead atoms. The van der Waals surface area contributed by atoms with E-state index in [9.17, 15) is 4.79 Å². The molecular weight excluding hydrogens is 226 g/mol. The summed E-state index contributed by atoms with van der Waals surface area (Å²) in [4.78, 5) is 11.9. The molecule has 1 aromatic heterocycles. The highest BCUT2D eigenvalue weighted by Gasteiger charge is 2.13. The fourth-order valence-corrected chi connectivity index (χ4v) is 1.83. The van der Waals surface area contributed by atoms with E-state index in [0.29, 0.717) is 21.6 Å². The second kappa shape index (κ2) is 3.66. The summed E-state index contributed by atoms with van der Waals surface area (Å²) in [5.41, 5.74) is 1.63. The molecule has 3 nitrogen and oxygen atoms in total. The van der Waals surface area contributed by atoms with Crippen LogP contribution in [0.2, 0.25) is 5.02 Å². The lowest BCUT2D eigenvalue weighted by atomic mass is 10.1. The van der Waals surface area contributed by atoms with Gasteiger partial charge in [0.2, 0.25) is 5.43 Å². The molecule has 4 heteroatoms. The summed E-state index contributed by atoms with van der Waals surface area (Å²) in [5, 5.41) is 9.67. The summed E-state index contributed by atoms with van der Waals surface area (Å²) in [6, 6.07) is 3.50. The third-order valence-corrected chi connectivity index (χ3v) is 3.12. The first-order chi connectivity index (χ1) is 7.56. The van der Waals surface area contributed by atoms with Gasteiger partial charge in [-0.2, -0.15) is 5.26 Å². The summed E-state index contributed by atoms with van der Waals surface area (Å²) in [6.45, 7) is 3.59. The first kappa shape index (κ1) is 10.7. The second-order valence-corrected chi connectivity index (χ2v) is 3.97. The van der Waals surface area contributed by atoms with E-state index in [1.807, 2.05) is 6.92 Å². The van der Waals surface area contributed by atoms with Gasteiger partial charge in [0.25, 0.3) is 0 Å². The van der Waals surface area contributed by atoms with Crippen LogP contribution in [0.25, 0.3) is 11.0 Å². The lowest BCUT2D eigenvalue weighted by Crippen LogP contribution is -2.07. The number of nitriles is 1. The Morgan fingerprint density at radius 3 is 2.75 bits per heavy atom. The Morgan fingerprint density at radius 2 is 2.12 bits per heavy atom. The van der Waals surface area contributed by atoms with Gasteiger partial charge < -0.3 is 4.42 Å². The molecule has 16 heavy (non-hydrogen) atoms. The maximum Gasteiger partial charge on any atom is 0.210 e. The van der Waals surface area contributed by atoms with E-state index in [4.69, 9.17) is 21.3 Å². The molecular formula is C12H8ClNO2. The molecule has 1 aromatic carbocycles. The quantitative estimate of drug-likeness (QED) is 0.703. The first-order valence-corrected chi connectivity index (χ1v) is 5.05. The molecule has 0 N–H and O–H groups in total. The van der Waals surface area contributed by atoms with Crippen LogP contribution in [0.15, 0.2) is 21.5 Å². The Labute approximate surface area is 96.9 Å². The standard InChI is InChI=1S/C12H8ClNO2/c1-6-3-9-10(7(2)11(6)13)12(15)8(4-14)5-16-9/h3,5H,1-2H3. The Morgan fingerprint density at radius 1 is 1.44 bits per heavy atom. The summed E-state index contributed by atoms with van der Waals surface area (Å²) < 4.78 is 5.25. The third-order valence-electron chi connectivity index (χ3n) is 2.54. The summed E-state index contributed by atoms with van der Waals surface area (Å²) in [7, 11) is 0. The number of aryl methyl sites for hydroxylation is 2. The molecule has 2 aromatic rings. The van der Waals surface area contributed by atoms with E-state index in [-0.39, 0.29) is 11.0 Å². The second-order valence-electron chi connectivity index (χ2n) is 3.60. The van der Waals surface area contributed by atoms with Gasteiger partial charge in [0.15, 0.2) is 0 Å². The van der Waals surface area contributed by atoms with Crippen molar-refractivity contribution in [1.82, 2.24) is 0 Å². The van der Waals surface area contributed by atoms with E-state index >= 15 is 0 Å². The number of rotatable bonds is 0. The van der Waals surface area contributed by atoms with Crippen LogP contribution >= 0.6 is 11.6 Å². The maximum absolute atomic E-state index is 11.9. The maximum atomic E-state index is 11.9. The van der Waals surface area contributed by atoms with E-state index in [0.717, 1.165) is 5.56 Å². The minimum Gasteiger partial charge on any atom is -0.463 e. The molecule has 0 fully saturated rings. The van der Waals surface area contributed by atoms with Crippen molar-refractivity contribution >= 4 is 22.6 Å². The van der Waals surface area contributed by atoms with Crippen molar-refractivity contribution in [3.63, 3.8) is 0 Å². The number of benzene rings is 1. The van der Waals surface area contributed by atoms with Crippen LogP contribution in [0.5, 0.6) is 0 Å². The molecule has 0 aliphatic rings. The van der Waals surface area contributed by atoms with Gasteiger partial charge in [-0.1, -0.05) is 11.6 Å². The van der Waals surface area contributed by atoms with Gasteiger partial charge in [-0.3, -0.25) is 4.79 Å². The van der Waals surface area contributed by atoms with E-state index in [1.54, 1.807) is 19.1 Å². The Balaban J connectivity index is 3.06. The monoisotopic (exact) mass is 233 g/mol. The predicted molar refractivity (Wildman–Crippen MR) is 61.7 cm³/mol. The largest absolute Gasteiger partial charge is 0.463 e. The smallest absolute Gasteiger partial charge is 0.210 e. The number of fused-ring (bicyclic) bond motifs is 1. The number of nitrogens with zero attached hydrogens (tertiary/aromatic N) is 1. The van der Waals surface area contributed by atoms with Crippen LogP contribution in [0.3, 0.4) is 0 Å². The summed E-state index contributed by atoms with van der Waals surface area (Å²) >= 11 is 6.06. The van der Waals surface area contributed by atoms with E-state index < -0.39 is 0 Å². The molecule has 0 saturated carbocycles. The van der Waals surface area contributed by atoms with Gasteiger partial charge >= 0.3 is 0 Å². The lowest BCUT2D eigenvalue weighted by Gasteiger charge is -2.06. The molecule has 80 valence electrons. The molecule has 0 radical (unpaired) electrons. The zero-order valence-electron chi connectivity index (χ0n) is 8.80. The van der Waals surface area contributed by atoms with Crippen molar-refractivity contribution < 1.29 is 4.42 Å². The molecule has 0 spiro atoms. The fourth-order valence-electron chi connectivity index (χ4n) is 1.69. The van der Waals surface area contributed by atoms with Gasteiger partial charge in [0.1, 0.15) is 23.5 Å². The average Bonchev–Trinajstić information content (AvgIpc) is 2.26. The third kappa shape index (κ3) is 1.39. The van der Waals surface area contributed by atoms with Crippen molar-refractivity contribution in [2.75, 3.05) is 0 Å². The van der Waals surface area contributed by atoms with Gasteiger partial charge in [0, 0.05) is 5.02 Å². The highest BCUT2D eigenvalue weighted by atomic mass is 35.5. The fraction of sp³-hybridized carbons (Fsp3) is 0.167. The first-order valence-electron chi connectivity index (χ1n) is 4.67. The molecule has 0 unspecified atom stereocenters. The Kier molecular flexibility index (Phi) is 2.45.